The van der Waals surface area contributed by atoms with Crippen molar-refractivity contribution >= 4 is 36.1 Å². The molecule has 0 aliphatic rings. The van der Waals surface area contributed by atoms with Crippen molar-refractivity contribution in [3.63, 3.8) is 0 Å². The number of carbonyl (C=O) groups is 3. The number of carboxylic acid groups (broad SMARTS) is 2. The molecule has 30 heavy (non-hydrogen) atoms. The fourth-order valence-electron chi connectivity index (χ4n) is 2.53. The Kier molecular flexibility index (Phi) is 6.94. The molecule has 0 unspecified atom stereocenters. The third-order valence-corrected chi connectivity index (χ3v) is 4.00. The Morgan fingerprint density at radius 1 is 1.27 bits per heavy atom. The summed E-state index contributed by atoms with van der Waals surface area (Å²) in [5.41, 5.74) is 0.194. The Morgan fingerprint density at radius 2 is 1.93 bits per heavy atom. The minimum Gasteiger partial charge on any atom is -0.505 e. The summed E-state index contributed by atoms with van der Waals surface area (Å²) in [6, 6.07) is 5.66. The number of carboxylic acids is 2. The van der Waals surface area contributed by atoms with E-state index in [1.165, 1.54) is 37.3 Å². The van der Waals surface area contributed by atoms with Crippen molar-refractivity contribution < 1.29 is 39.4 Å². The monoisotopic (exact) mass is 416 g/mol. The molecule has 0 bridgehead atoms. The smallest absolute Gasteiger partial charge is 0.344 e. The van der Waals surface area contributed by atoms with E-state index < -0.39 is 35.3 Å². The van der Waals surface area contributed by atoms with E-state index in [0.29, 0.717) is 11.8 Å². The first kappa shape index (κ1) is 22.2. The van der Waals surface area contributed by atoms with Crippen molar-refractivity contribution in [3.8, 4) is 5.75 Å². The van der Waals surface area contributed by atoms with E-state index in [1.54, 1.807) is 6.07 Å². The predicted molar refractivity (Wildman–Crippen MR) is 102 cm³/mol. The number of nitro groups is 1. The van der Waals surface area contributed by atoms with Gasteiger partial charge < -0.3 is 20.1 Å². The first-order chi connectivity index (χ1) is 14.1. The van der Waals surface area contributed by atoms with Crippen LogP contribution in [0.15, 0.2) is 24.3 Å². The van der Waals surface area contributed by atoms with Gasteiger partial charge in [0.15, 0.2) is 6.29 Å². The molecular weight excluding hydrogens is 400 g/mol. The second-order valence-corrected chi connectivity index (χ2v) is 5.99. The maximum Gasteiger partial charge on any atom is 0.344 e. The van der Waals surface area contributed by atoms with Gasteiger partial charge in [0.1, 0.15) is 5.75 Å². The number of aldehydes is 1. The van der Waals surface area contributed by atoms with Gasteiger partial charge in [-0.3, -0.25) is 14.9 Å². The van der Waals surface area contributed by atoms with Gasteiger partial charge in [-0.25, -0.2) is 14.6 Å². The van der Waals surface area contributed by atoms with E-state index in [4.69, 9.17) is 14.9 Å². The van der Waals surface area contributed by atoms with Gasteiger partial charge in [0.2, 0.25) is 0 Å². The predicted octanol–water partition coefficient (Wildman–Crippen LogP) is 2.04. The molecular formula is C19H16N2O9. The highest BCUT2D eigenvalue weighted by Gasteiger charge is 2.28. The minimum atomic E-state index is -2.19. The number of ether oxygens (including phenoxy) is 1. The number of rotatable bonds is 9. The second-order valence-electron chi connectivity index (χ2n) is 5.99. The lowest BCUT2D eigenvalue weighted by Crippen LogP contribution is -2.32. The summed E-state index contributed by atoms with van der Waals surface area (Å²) in [6.45, 7) is 0.780. The van der Waals surface area contributed by atoms with Gasteiger partial charge in [0, 0.05) is 17.7 Å². The van der Waals surface area contributed by atoms with E-state index in [-0.39, 0.29) is 28.2 Å². The van der Waals surface area contributed by atoms with Gasteiger partial charge in [-0.1, -0.05) is 18.2 Å². The summed E-state index contributed by atoms with van der Waals surface area (Å²) < 4.78 is 4.90. The number of aliphatic carboxylic acids is 2. The normalized spacial score (nSPS) is 11.0. The van der Waals surface area contributed by atoms with E-state index in [1.807, 2.05) is 0 Å². The number of aromatic hydroxyl groups is 1. The van der Waals surface area contributed by atoms with Crippen LogP contribution in [0, 0.1) is 17.0 Å². The average Bonchev–Trinajstić information content (AvgIpc) is 2.69. The molecule has 0 radical (unpaired) electrons. The standard InChI is InChI=1S/C19H16N2O9/c1-10-16(23)13(8-22)14(9-30-17(18(24)25)19(26)27)15(20-10)6-5-11-3-2-4-12(7-11)21(28)29/h2-8,17,23H,9H2,1H3,(H,24,25)(H,26,27)/b6-5+. The van der Waals surface area contributed by atoms with Crippen LogP contribution in [0.25, 0.3) is 12.2 Å². The molecule has 1 aromatic carbocycles. The Labute approximate surface area is 169 Å². The average molecular weight is 416 g/mol. The molecule has 156 valence electrons. The molecule has 2 rings (SSSR count). The zero-order chi connectivity index (χ0) is 22.4. The SMILES string of the molecule is Cc1nc(/C=C/c2cccc([N+](=O)[O-])c2)c(COC(C(=O)O)C(=O)O)c(C=O)c1O. The third-order valence-electron chi connectivity index (χ3n) is 4.00. The van der Waals surface area contributed by atoms with Crippen molar-refractivity contribution in [1.82, 2.24) is 4.98 Å². The highest BCUT2D eigenvalue weighted by molar-refractivity contribution is 5.96. The molecule has 0 fully saturated rings. The Morgan fingerprint density at radius 3 is 2.50 bits per heavy atom. The Hall–Kier alpha value is -4.12. The summed E-state index contributed by atoms with van der Waals surface area (Å²) in [5, 5.41) is 38.8. The van der Waals surface area contributed by atoms with E-state index >= 15 is 0 Å². The second kappa shape index (κ2) is 9.39. The first-order valence-corrected chi connectivity index (χ1v) is 8.33. The van der Waals surface area contributed by atoms with Crippen LogP contribution in [-0.2, 0) is 20.9 Å². The zero-order valence-corrected chi connectivity index (χ0v) is 15.5. The van der Waals surface area contributed by atoms with Crippen molar-refractivity contribution in [2.24, 2.45) is 0 Å². The molecule has 3 N–H and O–H groups in total. The van der Waals surface area contributed by atoms with Crippen molar-refractivity contribution in [2.45, 2.75) is 19.6 Å². The molecule has 0 aliphatic carbocycles. The van der Waals surface area contributed by atoms with E-state index in [9.17, 15) is 29.6 Å². The largest absolute Gasteiger partial charge is 0.505 e. The van der Waals surface area contributed by atoms with Gasteiger partial charge in [0.25, 0.3) is 11.8 Å². The van der Waals surface area contributed by atoms with Crippen LogP contribution in [0.4, 0.5) is 5.69 Å². The lowest BCUT2D eigenvalue weighted by atomic mass is 10.0. The van der Waals surface area contributed by atoms with Gasteiger partial charge in [0.05, 0.1) is 28.5 Å². The summed E-state index contributed by atoms with van der Waals surface area (Å²) in [6.07, 6.45) is 0.953. The molecule has 0 amide bonds. The summed E-state index contributed by atoms with van der Waals surface area (Å²) in [7, 11) is 0. The topological polar surface area (TPSA) is 177 Å². The summed E-state index contributed by atoms with van der Waals surface area (Å²) >= 11 is 0. The number of nitrogens with zero attached hydrogens (tertiary/aromatic N) is 2. The van der Waals surface area contributed by atoms with Crippen LogP contribution in [0.3, 0.4) is 0 Å². The van der Waals surface area contributed by atoms with E-state index in [0.717, 1.165) is 0 Å². The molecule has 1 heterocycles. The molecule has 0 atom stereocenters. The third kappa shape index (κ3) is 5.02. The molecule has 11 heteroatoms. The van der Waals surface area contributed by atoms with Crippen LogP contribution < -0.4 is 0 Å². The van der Waals surface area contributed by atoms with Crippen molar-refractivity contribution in [1.29, 1.82) is 0 Å². The van der Waals surface area contributed by atoms with Crippen LogP contribution in [0.5, 0.6) is 5.75 Å². The molecule has 0 saturated heterocycles. The lowest BCUT2D eigenvalue weighted by molar-refractivity contribution is -0.384. The Balaban J connectivity index is 2.48. The number of aryl methyl sites for hydroxylation is 1. The fraction of sp³-hybridized carbons (Fsp3) is 0.158. The number of carbonyl (C=O) groups excluding carboxylic acids is 1. The maximum absolute atomic E-state index is 11.5. The van der Waals surface area contributed by atoms with Gasteiger partial charge in [-0.2, -0.15) is 0 Å². The highest BCUT2D eigenvalue weighted by atomic mass is 16.6. The molecule has 11 nitrogen and oxygen atoms in total. The number of aromatic nitrogens is 1. The van der Waals surface area contributed by atoms with Crippen molar-refractivity contribution in [2.75, 3.05) is 0 Å². The Bertz CT molecular complexity index is 1030. The van der Waals surface area contributed by atoms with Gasteiger partial charge in [-0.05, 0) is 18.6 Å². The number of non-ortho nitro benzene ring substituents is 1. The van der Waals surface area contributed by atoms with Crippen molar-refractivity contribution in [3.05, 3.63) is 62.5 Å². The number of hydrogen-bond donors (Lipinski definition) is 3. The van der Waals surface area contributed by atoms with E-state index in [2.05, 4.69) is 4.98 Å². The quantitative estimate of drug-likeness (QED) is 0.237. The van der Waals surface area contributed by atoms with Crippen LogP contribution in [0.2, 0.25) is 0 Å². The lowest BCUT2D eigenvalue weighted by Gasteiger charge is -2.14. The van der Waals surface area contributed by atoms with Crippen LogP contribution in [-0.4, -0.2) is 49.6 Å². The summed E-state index contributed by atoms with van der Waals surface area (Å²) in [5.74, 6) is -3.94. The maximum atomic E-state index is 11.5. The molecule has 0 spiro atoms. The van der Waals surface area contributed by atoms with Gasteiger partial charge >= 0.3 is 11.9 Å². The molecule has 1 aromatic heterocycles. The number of benzene rings is 1. The molecule has 0 saturated carbocycles. The summed E-state index contributed by atoms with van der Waals surface area (Å²) in [4.78, 5) is 48.0. The molecule has 2 aromatic rings. The first-order valence-electron chi connectivity index (χ1n) is 8.33. The zero-order valence-electron chi connectivity index (χ0n) is 15.5. The van der Waals surface area contributed by atoms with Gasteiger partial charge in [-0.15, -0.1) is 0 Å². The van der Waals surface area contributed by atoms with Crippen LogP contribution >= 0.6 is 0 Å². The van der Waals surface area contributed by atoms with Crippen LogP contribution in [0.1, 0.15) is 32.9 Å². The number of nitro benzene ring substituents is 1. The minimum absolute atomic E-state index is 0.0396. The highest BCUT2D eigenvalue weighted by Crippen LogP contribution is 2.27. The fourth-order valence-corrected chi connectivity index (χ4v) is 2.53. The molecule has 0 aliphatic heterocycles. The number of hydrogen-bond acceptors (Lipinski definition) is 8. The number of pyridine rings is 1.